The summed E-state index contributed by atoms with van der Waals surface area (Å²) in [6.45, 7) is 6.69. The first-order valence-electron chi connectivity index (χ1n) is 11.7. The van der Waals surface area contributed by atoms with E-state index in [0.717, 1.165) is 41.8 Å². The van der Waals surface area contributed by atoms with Gasteiger partial charge in [0.05, 0.1) is 37.4 Å². The number of methoxy groups -OCH3 is 2. The summed E-state index contributed by atoms with van der Waals surface area (Å²) in [5.41, 5.74) is 3.09. The van der Waals surface area contributed by atoms with Crippen molar-refractivity contribution in [3.63, 3.8) is 0 Å². The normalized spacial score (nSPS) is 20.7. The van der Waals surface area contributed by atoms with Crippen molar-refractivity contribution in [2.24, 2.45) is 4.99 Å². The number of thioether (sulfide) groups is 1. The van der Waals surface area contributed by atoms with Gasteiger partial charge in [-0.15, -0.1) is 0 Å². The maximum Gasteiger partial charge on any atom is 0.338 e. The van der Waals surface area contributed by atoms with Crippen LogP contribution in [-0.4, -0.2) is 85.3 Å². The number of hydrogen-bond donors (Lipinski definition) is 0. The average Bonchev–Trinajstić information content (AvgIpc) is 3.28. The van der Waals surface area contributed by atoms with E-state index in [4.69, 9.17) is 14.5 Å². The van der Waals surface area contributed by atoms with E-state index in [0.29, 0.717) is 31.7 Å². The molecule has 4 rings (SSSR count). The predicted molar refractivity (Wildman–Crippen MR) is 133 cm³/mol. The molecule has 182 valence electrons. The SMILES string of the molecule is CCC1=C(C(=O)OC)[C@H](c2ccccc2)N2C(CC(=O)N3CCN(CCOC)CC3)=CSC2=N1. The zero-order valence-electron chi connectivity index (χ0n) is 20.0. The molecule has 1 saturated heterocycles. The minimum Gasteiger partial charge on any atom is -0.466 e. The van der Waals surface area contributed by atoms with E-state index in [9.17, 15) is 9.59 Å². The van der Waals surface area contributed by atoms with E-state index in [1.165, 1.54) is 18.9 Å². The fourth-order valence-corrected chi connectivity index (χ4v) is 5.51. The average molecular weight is 485 g/mol. The number of amides is 1. The Morgan fingerprint density at radius 2 is 1.85 bits per heavy atom. The highest BCUT2D eigenvalue weighted by Gasteiger charge is 2.41. The maximum absolute atomic E-state index is 13.2. The molecule has 3 aliphatic heterocycles. The molecule has 0 unspecified atom stereocenters. The summed E-state index contributed by atoms with van der Waals surface area (Å²) < 4.78 is 10.3. The van der Waals surface area contributed by atoms with Crippen LogP contribution in [0.3, 0.4) is 0 Å². The van der Waals surface area contributed by atoms with Gasteiger partial charge in [-0.05, 0) is 17.4 Å². The summed E-state index contributed by atoms with van der Waals surface area (Å²) in [6.07, 6.45) is 0.886. The molecular formula is C25H32N4O4S. The highest BCUT2D eigenvalue weighted by Crippen LogP contribution is 2.45. The molecule has 0 aromatic heterocycles. The van der Waals surface area contributed by atoms with Crippen LogP contribution in [0, 0.1) is 0 Å². The summed E-state index contributed by atoms with van der Waals surface area (Å²) in [6, 6.07) is 9.51. The third-order valence-corrected chi connectivity index (χ3v) is 7.30. The van der Waals surface area contributed by atoms with Gasteiger partial charge in [-0.1, -0.05) is 49.0 Å². The smallest absolute Gasteiger partial charge is 0.338 e. The first kappa shape index (κ1) is 24.5. The standard InChI is InChI=1S/C25H32N4O4S/c1-4-20-22(24(31)33-3)23(18-8-6-5-7-9-18)29-19(17-34-25(29)26-20)16-21(30)28-12-10-27(11-13-28)14-15-32-2/h5-9,17,23H,4,10-16H2,1-3H3/t23-/m0/s1. The van der Waals surface area contributed by atoms with Crippen molar-refractivity contribution in [1.82, 2.24) is 14.7 Å². The second-order valence-corrected chi connectivity index (χ2v) is 9.24. The molecule has 3 heterocycles. The van der Waals surface area contributed by atoms with Crippen molar-refractivity contribution >= 4 is 28.8 Å². The number of benzene rings is 1. The third kappa shape index (κ3) is 5.06. The molecule has 0 N–H and O–H groups in total. The Hall–Kier alpha value is -2.62. The summed E-state index contributed by atoms with van der Waals surface area (Å²) >= 11 is 1.51. The van der Waals surface area contributed by atoms with Crippen molar-refractivity contribution in [3.05, 3.63) is 58.3 Å². The van der Waals surface area contributed by atoms with Crippen molar-refractivity contribution in [2.45, 2.75) is 25.8 Å². The van der Waals surface area contributed by atoms with Crippen molar-refractivity contribution < 1.29 is 19.1 Å². The van der Waals surface area contributed by atoms with Gasteiger partial charge in [0.25, 0.3) is 0 Å². The number of hydrogen-bond acceptors (Lipinski definition) is 8. The van der Waals surface area contributed by atoms with Crippen molar-refractivity contribution in [2.75, 3.05) is 53.6 Å². The van der Waals surface area contributed by atoms with Crippen LogP contribution in [-0.2, 0) is 19.1 Å². The predicted octanol–water partition coefficient (Wildman–Crippen LogP) is 3.01. The van der Waals surface area contributed by atoms with Crippen LogP contribution in [0.2, 0.25) is 0 Å². The monoisotopic (exact) mass is 484 g/mol. The number of piperazine rings is 1. The number of carbonyl (C=O) groups is 2. The molecule has 1 fully saturated rings. The topological polar surface area (TPSA) is 74.7 Å². The van der Waals surface area contributed by atoms with E-state index in [1.807, 2.05) is 52.5 Å². The lowest BCUT2D eigenvalue weighted by molar-refractivity contribution is -0.136. The van der Waals surface area contributed by atoms with Gasteiger partial charge in [-0.2, -0.15) is 0 Å². The summed E-state index contributed by atoms with van der Waals surface area (Å²) in [4.78, 5) is 37.2. The molecule has 1 aromatic rings. The summed E-state index contributed by atoms with van der Waals surface area (Å²) in [5.74, 6) is -0.292. The molecule has 8 nitrogen and oxygen atoms in total. The van der Waals surface area contributed by atoms with Gasteiger partial charge in [0.2, 0.25) is 5.91 Å². The van der Waals surface area contributed by atoms with Crippen molar-refractivity contribution in [3.8, 4) is 0 Å². The summed E-state index contributed by atoms with van der Waals surface area (Å²) in [5, 5.41) is 2.79. The number of esters is 1. The Morgan fingerprint density at radius 1 is 1.12 bits per heavy atom. The van der Waals surface area contributed by atoms with Crippen LogP contribution in [0.15, 0.2) is 57.7 Å². The molecule has 0 spiro atoms. The molecule has 0 bridgehead atoms. The van der Waals surface area contributed by atoms with Gasteiger partial charge in [-0.25, -0.2) is 9.79 Å². The molecule has 3 aliphatic rings. The van der Waals surface area contributed by atoms with Gasteiger partial charge in [-0.3, -0.25) is 9.69 Å². The second kappa shape index (κ2) is 11.2. The van der Waals surface area contributed by atoms with Gasteiger partial charge >= 0.3 is 5.97 Å². The fraction of sp³-hybridized carbons (Fsp3) is 0.480. The van der Waals surface area contributed by atoms with E-state index in [1.54, 1.807) is 7.11 Å². The van der Waals surface area contributed by atoms with Gasteiger partial charge < -0.3 is 19.3 Å². The number of aliphatic imine (C=N–C) groups is 1. The molecule has 34 heavy (non-hydrogen) atoms. The number of amidine groups is 1. The van der Waals surface area contributed by atoms with E-state index in [-0.39, 0.29) is 24.3 Å². The Morgan fingerprint density at radius 3 is 2.50 bits per heavy atom. The van der Waals surface area contributed by atoms with Gasteiger partial charge in [0.15, 0.2) is 5.17 Å². The molecule has 1 amide bonds. The number of rotatable bonds is 8. The third-order valence-electron chi connectivity index (χ3n) is 6.41. The minimum absolute atomic E-state index is 0.0937. The summed E-state index contributed by atoms with van der Waals surface area (Å²) in [7, 11) is 3.10. The lowest BCUT2D eigenvalue weighted by Crippen LogP contribution is -2.49. The number of nitrogens with zero attached hydrogens (tertiary/aromatic N) is 4. The van der Waals surface area contributed by atoms with Crippen LogP contribution < -0.4 is 0 Å². The highest BCUT2D eigenvalue weighted by atomic mass is 32.2. The first-order chi connectivity index (χ1) is 16.6. The molecule has 1 atom stereocenters. The fourth-order valence-electron chi connectivity index (χ4n) is 4.57. The zero-order chi connectivity index (χ0) is 24.1. The Balaban J connectivity index is 1.55. The van der Waals surface area contributed by atoms with Gasteiger partial charge in [0.1, 0.15) is 0 Å². The molecule has 1 aromatic carbocycles. The van der Waals surface area contributed by atoms with E-state index >= 15 is 0 Å². The minimum atomic E-state index is -0.386. The van der Waals surface area contributed by atoms with E-state index in [2.05, 4.69) is 4.90 Å². The Bertz CT molecular complexity index is 999. The number of ether oxygens (including phenoxy) is 2. The Kier molecular flexibility index (Phi) is 8.07. The van der Waals surface area contributed by atoms with Gasteiger partial charge in [0, 0.05) is 45.5 Å². The second-order valence-electron chi connectivity index (χ2n) is 8.40. The quantitative estimate of drug-likeness (QED) is 0.525. The molecule has 0 radical (unpaired) electrons. The van der Waals surface area contributed by atoms with Crippen molar-refractivity contribution in [1.29, 1.82) is 0 Å². The number of fused-ring (bicyclic) bond motifs is 1. The maximum atomic E-state index is 13.2. The largest absolute Gasteiger partial charge is 0.466 e. The van der Waals surface area contributed by atoms with Crippen LogP contribution >= 0.6 is 11.8 Å². The van der Waals surface area contributed by atoms with Crippen LogP contribution in [0.4, 0.5) is 0 Å². The molecular weight excluding hydrogens is 452 g/mol. The zero-order valence-corrected chi connectivity index (χ0v) is 20.8. The number of carbonyl (C=O) groups excluding carboxylic acids is 2. The molecule has 0 aliphatic carbocycles. The highest BCUT2D eigenvalue weighted by molar-refractivity contribution is 8.16. The van der Waals surface area contributed by atoms with Crippen LogP contribution in [0.1, 0.15) is 31.4 Å². The Labute approximate surface area is 205 Å². The van der Waals surface area contributed by atoms with E-state index < -0.39 is 0 Å². The number of allylic oxidation sites excluding steroid dienone is 1. The lowest BCUT2D eigenvalue weighted by Gasteiger charge is -2.38. The lowest BCUT2D eigenvalue weighted by atomic mass is 9.93. The van der Waals surface area contributed by atoms with Crippen LogP contribution in [0.5, 0.6) is 0 Å². The van der Waals surface area contributed by atoms with Crippen LogP contribution in [0.25, 0.3) is 0 Å². The first-order valence-corrected chi connectivity index (χ1v) is 12.5. The molecule has 9 heteroatoms. The molecule has 0 saturated carbocycles.